The third-order valence-electron chi connectivity index (χ3n) is 4.41. The van der Waals surface area contributed by atoms with Crippen molar-refractivity contribution in [3.8, 4) is 28.3 Å². The van der Waals surface area contributed by atoms with Crippen molar-refractivity contribution in [2.45, 2.75) is 18.9 Å². The van der Waals surface area contributed by atoms with E-state index in [2.05, 4.69) is 10.2 Å². The Morgan fingerprint density at radius 3 is 2.56 bits per heavy atom. The van der Waals surface area contributed by atoms with Gasteiger partial charge in [0.25, 0.3) is 0 Å². The number of nitrogens with zero attached hydrogens (tertiary/aromatic N) is 1. The minimum absolute atomic E-state index is 0.230. The van der Waals surface area contributed by atoms with Gasteiger partial charge in [-0.05, 0) is 60.9 Å². The third kappa shape index (κ3) is 3.67. The molecular weight excluding hydrogens is 314 g/mol. The first-order valence-corrected chi connectivity index (χ1v) is 8.54. The summed E-state index contributed by atoms with van der Waals surface area (Å²) in [6, 6.07) is 17.8. The van der Waals surface area contributed by atoms with E-state index in [0.717, 1.165) is 53.4 Å². The molecule has 1 fully saturated rings. The van der Waals surface area contributed by atoms with E-state index in [0.29, 0.717) is 6.61 Å². The van der Waals surface area contributed by atoms with E-state index in [1.54, 1.807) is 0 Å². The molecule has 1 aliphatic rings. The molecule has 2 heterocycles. The highest BCUT2D eigenvalue weighted by Gasteiger charge is 2.16. The fourth-order valence-corrected chi connectivity index (χ4v) is 2.97. The first kappa shape index (κ1) is 15.7. The number of benzene rings is 2. The lowest BCUT2D eigenvalue weighted by Crippen LogP contribution is -2.16. The predicted molar refractivity (Wildman–Crippen MR) is 98.3 cm³/mol. The number of aromatic nitrogens is 2. The second-order valence-corrected chi connectivity index (χ2v) is 6.26. The summed E-state index contributed by atoms with van der Waals surface area (Å²) in [4.78, 5) is 0. The molecule has 1 aliphatic heterocycles. The second kappa shape index (κ2) is 6.99. The SMILES string of the molecule is Nc1ccc(-c2cc(-c3ccc(OCC4CCCO4)cc3)n[nH]2)cc1. The van der Waals surface area contributed by atoms with Gasteiger partial charge in [-0.3, -0.25) is 5.10 Å². The Balaban J connectivity index is 1.44. The maximum Gasteiger partial charge on any atom is 0.119 e. The number of nitrogens with one attached hydrogen (secondary N) is 1. The van der Waals surface area contributed by atoms with Crippen LogP contribution in [-0.4, -0.2) is 29.5 Å². The van der Waals surface area contributed by atoms with Crippen molar-refractivity contribution < 1.29 is 9.47 Å². The first-order chi connectivity index (χ1) is 12.3. The van der Waals surface area contributed by atoms with Crippen molar-refractivity contribution in [2.24, 2.45) is 0 Å². The van der Waals surface area contributed by atoms with E-state index in [-0.39, 0.29) is 6.10 Å². The molecule has 1 atom stereocenters. The zero-order valence-corrected chi connectivity index (χ0v) is 13.9. The molecule has 128 valence electrons. The van der Waals surface area contributed by atoms with E-state index >= 15 is 0 Å². The van der Waals surface area contributed by atoms with Crippen molar-refractivity contribution in [2.75, 3.05) is 18.9 Å². The lowest BCUT2D eigenvalue weighted by Gasteiger charge is -2.11. The second-order valence-electron chi connectivity index (χ2n) is 6.26. The summed E-state index contributed by atoms with van der Waals surface area (Å²) in [5.41, 5.74) is 10.5. The molecule has 3 N–H and O–H groups in total. The largest absolute Gasteiger partial charge is 0.491 e. The zero-order chi connectivity index (χ0) is 17.1. The summed E-state index contributed by atoms with van der Waals surface area (Å²) in [6.07, 6.45) is 2.44. The van der Waals surface area contributed by atoms with Crippen LogP contribution in [0.3, 0.4) is 0 Å². The Hall–Kier alpha value is -2.79. The average molecular weight is 335 g/mol. The Kier molecular flexibility index (Phi) is 4.39. The van der Waals surface area contributed by atoms with Crippen molar-refractivity contribution in [1.29, 1.82) is 0 Å². The molecule has 5 nitrogen and oxygen atoms in total. The summed E-state index contributed by atoms with van der Waals surface area (Å²) >= 11 is 0. The maximum absolute atomic E-state index is 5.80. The lowest BCUT2D eigenvalue weighted by molar-refractivity contribution is 0.0679. The van der Waals surface area contributed by atoms with E-state index in [4.69, 9.17) is 15.2 Å². The minimum atomic E-state index is 0.230. The van der Waals surface area contributed by atoms with Gasteiger partial charge in [-0.1, -0.05) is 12.1 Å². The molecule has 0 bridgehead atoms. The summed E-state index contributed by atoms with van der Waals surface area (Å²) in [6.45, 7) is 1.46. The van der Waals surface area contributed by atoms with Gasteiger partial charge in [-0.25, -0.2) is 0 Å². The van der Waals surface area contributed by atoms with E-state index in [1.807, 2.05) is 54.6 Å². The van der Waals surface area contributed by atoms with Crippen LogP contribution in [-0.2, 0) is 4.74 Å². The highest BCUT2D eigenvalue weighted by molar-refractivity contribution is 5.69. The quantitative estimate of drug-likeness (QED) is 0.694. The molecule has 1 unspecified atom stereocenters. The monoisotopic (exact) mass is 335 g/mol. The van der Waals surface area contributed by atoms with E-state index in [1.165, 1.54) is 0 Å². The normalized spacial score (nSPS) is 16.9. The van der Waals surface area contributed by atoms with Gasteiger partial charge in [0.05, 0.1) is 17.5 Å². The van der Waals surface area contributed by atoms with Crippen LogP contribution in [0.2, 0.25) is 0 Å². The average Bonchev–Trinajstić information content (AvgIpc) is 3.33. The molecule has 2 aromatic carbocycles. The highest BCUT2D eigenvalue weighted by Crippen LogP contribution is 2.26. The predicted octanol–water partition coefficient (Wildman–Crippen LogP) is 3.88. The molecule has 0 radical (unpaired) electrons. The van der Waals surface area contributed by atoms with Crippen molar-refractivity contribution in [3.05, 3.63) is 54.6 Å². The summed E-state index contributed by atoms with van der Waals surface area (Å²) < 4.78 is 11.4. The van der Waals surface area contributed by atoms with Crippen LogP contribution in [0.5, 0.6) is 5.75 Å². The molecule has 5 heteroatoms. The fraction of sp³-hybridized carbons (Fsp3) is 0.250. The molecule has 0 aliphatic carbocycles. The van der Waals surface area contributed by atoms with Crippen molar-refractivity contribution in [1.82, 2.24) is 10.2 Å². The van der Waals surface area contributed by atoms with Gasteiger partial charge < -0.3 is 15.2 Å². The Bertz CT molecular complexity index is 819. The van der Waals surface area contributed by atoms with Gasteiger partial charge in [0.2, 0.25) is 0 Å². The number of H-pyrrole nitrogens is 1. The number of rotatable bonds is 5. The summed E-state index contributed by atoms with van der Waals surface area (Å²) in [5, 5.41) is 7.49. The molecule has 25 heavy (non-hydrogen) atoms. The van der Waals surface area contributed by atoms with Gasteiger partial charge >= 0.3 is 0 Å². The number of nitrogen functional groups attached to an aromatic ring is 1. The highest BCUT2D eigenvalue weighted by atomic mass is 16.5. The van der Waals surface area contributed by atoms with Gasteiger partial charge in [-0.2, -0.15) is 5.10 Å². The Labute approximate surface area is 146 Å². The van der Waals surface area contributed by atoms with Crippen LogP contribution < -0.4 is 10.5 Å². The maximum atomic E-state index is 5.80. The van der Waals surface area contributed by atoms with Crippen molar-refractivity contribution in [3.63, 3.8) is 0 Å². The third-order valence-corrected chi connectivity index (χ3v) is 4.41. The van der Waals surface area contributed by atoms with Gasteiger partial charge in [-0.15, -0.1) is 0 Å². The molecule has 3 aromatic rings. The van der Waals surface area contributed by atoms with Crippen LogP contribution in [0, 0.1) is 0 Å². The molecule has 1 saturated heterocycles. The topological polar surface area (TPSA) is 73.2 Å². The van der Waals surface area contributed by atoms with E-state index in [9.17, 15) is 0 Å². The molecular formula is C20H21N3O2. The summed E-state index contributed by atoms with van der Waals surface area (Å²) in [5.74, 6) is 0.855. The number of nitrogens with two attached hydrogens (primary N) is 1. The Morgan fingerprint density at radius 2 is 1.84 bits per heavy atom. The molecule has 0 saturated carbocycles. The van der Waals surface area contributed by atoms with Crippen LogP contribution in [0.4, 0.5) is 5.69 Å². The van der Waals surface area contributed by atoms with Crippen LogP contribution in [0.15, 0.2) is 54.6 Å². The Morgan fingerprint density at radius 1 is 1.08 bits per heavy atom. The molecule has 0 spiro atoms. The number of ether oxygens (including phenoxy) is 2. The minimum Gasteiger partial charge on any atom is -0.491 e. The van der Waals surface area contributed by atoms with Gasteiger partial charge in [0.1, 0.15) is 12.4 Å². The zero-order valence-electron chi connectivity index (χ0n) is 13.9. The van der Waals surface area contributed by atoms with Crippen LogP contribution >= 0.6 is 0 Å². The number of hydrogen-bond acceptors (Lipinski definition) is 4. The molecule has 1 aromatic heterocycles. The van der Waals surface area contributed by atoms with Gasteiger partial charge in [0.15, 0.2) is 0 Å². The van der Waals surface area contributed by atoms with Gasteiger partial charge in [0, 0.05) is 17.9 Å². The lowest BCUT2D eigenvalue weighted by atomic mass is 10.1. The molecule has 4 rings (SSSR count). The number of aromatic amines is 1. The summed E-state index contributed by atoms with van der Waals surface area (Å²) in [7, 11) is 0. The smallest absolute Gasteiger partial charge is 0.119 e. The van der Waals surface area contributed by atoms with Crippen molar-refractivity contribution >= 4 is 5.69 Å². The number of anilines is 1. The number of hydrogen-bond donors (Lipinski definition) is 2. The standard InChI is InChI=1S/C20H21N3O2/c21-16-7-3-14(4-8-16)19-12-20(23-22-19)15-5-9-17(10-6-15)25-13-18-2-1-11-24-18/h3-10,12,18H,1-2,11,13,21H2,(H,22,23). The first-order valence-electron chi connectivity index (χ1n) is 8.54. The van der Waals surface area contributed by atoms with Crippen LogP contribution in [0.25, 0.3) is 22.5 Å². The van der Waals surface area contributed by atoms with E-state index < -0.39 is 0 Å². The fourth-order valence-electron chi connectivity index (χ4n) is 2.97. The molecule has 0 amide bonds. The van der Waals surface area contributed by atoms with Crippen LogP contribution in [0.1, 0.15) is 12.8 Å².